The molecule has 0 spiro atoms. The van der Waals surface area contributed by atoms with Gasteiger partial charge in [0, 0.05) is 23.5 Å². The zero-order chi connectivity index (χ0) is 32.5. The van der Waals surface area contributed by atoms with E-state index in [2.05, 4.69) is 21.6 Å². The van der Waals surface area contributed by atoms with E-state index in [0.717, 1.165) is 41.9 Å². The van der Waals surface area contributed by atoms with Crippen LogP contribution in [0.5, 0.6) is 5.75 Å². The van der Waals surface area contributed by atoms with Gasteiger partial charge in [0.2, 0.25) is 10.0 Å². The van der Waals surface area contributed by atoms with Crippen molar-refractivity contribution in [1.29, 1.82) is 0 Å². The van der Waals surface area contributed by atoms with Crippen molar-refractivity contribution in [2.75, 3.05) is 6.61 Å². The number of carboxylic acid groups (broad SMARTS) is 1. The molecule has 45 heavy (non-hydrogen) atoms. The van der Waals surface area contributed by atoms with Crippen molar-refractivity contribution in [2.45, 2.75) is 62.6 Å². The highest BCUT2D eigenvalue weighted by atomic mass is 32.2. The van der Waals surface area contributed by atoms with Crippen LogP contribution in [0.15, 0.2) is 90.1 Å². The summed E-state index contributed by atoms with van der Waals surface area (Å²) in [5.41, 5.74) is 1.93. The highest BCUT2D eigenvalue weighted by Crippen LogP contribution is 2.30. The molecule has 0 bridgehead atoms. The van der Waals surface area contributed by atoms with Gasteiger partial charge < -0.3 is 9.84 Å². The number of rotatable bonds is 15. The van der Waals surface area contributed by atoms with Crippen LogP contribution in [0.3, 0.4) is 0 Å². The summed E-state index contributed by atoms with van der Waals surface area (Å²) in [5.74, 6) is -0.175. The second-order valence-electron chi connectivity index (χ2n) is 10.5. The van der Waals surface area contributed by atoms with Gasteiger partial charge in [-0.05, 0) is 60.4 Å². The maximum Gasteiger partial charge on any atom is 0.416 e. The Bertz CT molecular complexity index is 1640. The summed E-state index contributed by atoms with van der Waals surface area (Å²) in [4.78, 5) is 20.3. The van der Waals surface area contributed by atoms with Gasteiger partial charge in [-0.1, -0.05) is 69.0 Å². The number of halogens is 3. The molecule has 3 aromatic carbocycles. The van der Waals surface area contributed by atoms with Crippen LogP contribution in [0.4, 0.5) is 13.2 Å². The number of aromatic nitrogens is 2. The van der Waals surface area contributed by atoms with E-state index in [4.69, 9.17) is 4.74 Å². The summed E-state index contributed by atoms with van der Waals surface area (Å²) in [6.07, 6.45) is 4.46. The minimum Gasteiger partial charge on any atom is -0.494 e. The number of sulfonamides is 1. The zero-order valence-electron chi connectivity index (χ0n) is 24.6. The Morgan fingerprint density at radius 3 is 2.02 bits per heavy atom. The largest absolute Gasteiger partial charge is 0.494 e. The van der Waals surface area contributed by atoms with Crippen LogP contribution in [-0.4, -0.2) is 42.1 Å². The van der Waals surface area contributed by atoms with Gasteiger partial charge in [0.15, 0.2) is 5.82 Å². The lowest BCUT2D eigenvalue weighted by Gasteiger charge is -2.16. The topological polar surface area (TPSA) is 118 Å². The lowest BCUT2D eigenvalue weighted by Crippen LogP contribution is -2.42. The van der Waals surface area contributed by atoms with Crippen molar-refractivity contribution >= 4 is 16.0 Å². The molecule has 4 aromatic rings. The van der Waals surface area contributed by atoms with Crippen molar-refractivity contribution < 1.29 is 36.2 Å². The second kappa shape index (κ2) is 15.1. The third-order valence-electron chi connectivity index (χ3n) is 7.10. The molecule has 1 unspecified atom stereocenters. The van der Waals surface area contributed by atoms with E-state index in [1.54, 1.807) is 36.7 Å². The molecule has 12 heteroatoms. The normalized spacial score (nSPS) is 12.5. The first-order valence-electron chi connectivity index (χ1n) is 14.5. The number of nitrogens with zero attached hydrogens (tertiary/aromatic N) is 2. The number of hydrogen-bond acceptors (Lipinski definition) is 6. The molecule has 0 radical (unpaired) electrons. The van der Waals surface area contributed by atoms with Gasteiger partial charge >= 0.3 is 12.1 Å². The van der Waals surface area contributed by atoms with Crippen molar-refractivity contribution in [3.05, 3.63) is 96.3 Å². The molecule has 0 saturated carbocycles. The highest BCUT2D eigenvalue weighted by molar-refractivity contribution is 7.89. The molecule has 0 aliphatic carbocycles. The van der Waals surface area contributed by atoms with Crippen LogP contribution in [-0.2, 0) is 27.4 Å². The fourth-order valence-electron chi connectivity index (χ4n) is 4.55. The SMILES string of the molecule is CCCCCCCOc1ccc(-c2cnc(-c3ccc(CC(NS(=O)(=O)c4ccc(C(F)(F)F)cc4)C(=O)O)cc3)nc2)cc1. The fraction of sp³-hybridized carbons (Fsp3) is 0.303. The average Bonchev–Trinajstić information content (AvgIpc) is 3.03. The molecule has 0 amide bonds. The van der Waals surface area contributed by atoms with E-state index in [-0.39, 0.29) is 6.42 Å². The fourth-order valence-corrected chi connectivity index (χ4v) is 5.74. The van der Waals surface area contributed by atoms with Gasteiger partial charge in [0.25, 0.3) is 0 Å². The van der Waals surface area contributed by atoms with Gasteiger partial charge in [-0.15, -0.1) is 0 Å². The lowest BCUT2D eigenvalue weighted by atomic mass is 10.0. The molecule has 0 aliphatic heterocycles. The molecule has 0 aliphatic rings. The van der Waals surface area contributed by atoms with Crippen LogP contribution in [0, 0.1) is 0 Å². The maximum atomic E-state index is 12.8. The Labute approximate surface area is 260 Å². The molecule has 0 saturated heterocycles. The molecule has 1 atom stereocenters. The number of nitrogens with one attached hydrogen (secondary N) is 1. The number of alkyl halides is 3. The first kappa shape index (κ1) is 33.6. The molecule has 1 aromatic heterocycles. The Kier molecular flexibility index (Phi) is 11.3. The lowest BCUT2D eigenvalue weighted by molar-refractivity contribution is -0.139. The minimum absolute atomic E-state index is 0.201. The van der Waals surface area contributed by atoms with Crippen molar-refractivity contribution in [3.63, 3.8) is 0 Å². The molecule has 8 nitrogen and oxygen atoms in total. The van der Waals surface area contributed by atoms with Crippen LogP contribution >= 0.6 is 0 Å². The Balaban J connectivity index is 1.35. The van der Waals surface area contributed by atoms with Crippen LogP contribution in [0.1, 0.15) is 50.2 Å². The van der Waals surface area contributed by atoms with Gasteiger partial charge in [0.05, 0.1) is 17.1 Å². The van der Waals surface area contributed by atoms with E-state index < -0.39 is 38.7 Å². The van der Waals surface area contributed by atoms with Crippen molar-refractivity contribution in [1.82, 2.24) is 14.7 Å². The van der Waals surface area contributed by atoms with Crippen LogP contribution in [0.25, 0.3) is 22.5 Å². The number of hydrogen-bond donors (Lipinski definition) is 2. The number of carbonyl (C=O) groups is 1. The van der Waals surface area contributed by atoms with Crippen molar-refractivity contribution in [2.24, 2.45) is 0 Å². The summed E-state index contributed by atoms with van der Waals surface area (Å²) >= 11 is 0. The van der Waals surface area contributed by atoms with Crippen LogP contribution in [0.2, 0.25) is 0 Å². The van der Waals surface area contributed by atoms with E-state index in [9.17, 15) is 31.5 Å². The number of benzene rings is 3. The molecule has 1 heterocycles. The van der Waals surface area contributed by atoms with E-state index >= 15 is 0 Å². The smallest absolute Gasteiger partial charge is 0.416 e. The van der Waals surface area contributed by atoms with Gasteiger partial charge in [-0.2, -0.15) is 17.9 Å². The average molecular weight is 642 g/mol. The highest BCUT2D eigenvalue weighted by Gasteiger charge is 2.31. The third kappa shape index (κ3) is 9.60. The predicted octanol–water partition coefficient (Wildman–Crippen LogP) is 7.15. The first-order chi connectivity index (χ1) is 21.5. The second-order valence-corrected chi connectivity index (χ2v) is 12.2. The summed E-state index contributed by atoms with van der Waals surface area (Å²) in [6, 6.07) is 15.7. The summed E-state index contributed by atoms with van der Waals surface area (Å²) < 4.78 is 71.7. The molecular formula is C33H34F3N3O5S. The number of unbranched alkanes of at least 4 members (excludes halogenated alkanes) is 4. The molecule has 2 N–H and O–H groups in total. The van der Waals surface area contributed by atoms with Crippen LogP contribution < -0.4 is 9.46 Å². The standard InChI is InChI=1S/C33H34F3N3O5S/c1-2-3-4-5-6-19-44-28-15-11-24(12-16-28)26-21-37-31(38-22-26)25-9-7-23(8-10-25)20-30(32(40)41)39-45(42,43)29-17-13-27(14-18-29)33(34,35)36/h7-18,21-22,30,39H,2-6,19-20H2,1H3,(H,40,41). The van der Waals surface area contributed by atoms with Gasteiger partial charge in [0.1, 0.15) is 11.8 Å². The molecule has 4 rings (SSSR count). The Morgan fingerprint density at radius 1 is 0.844 bits per heavy atom. The summed E-state index contributed by atoms with van der Waals surface area (Å²) in [6.45, 7) is 2.88. The van der Waals surface area contributed by atoms with E-state index in [1.165, 1.54) is 19.3 Å². The quantitative estimate of drug-likeness (QED) is 0.132. The third-order valence-corrected chi connectivity index (χ3v) is 8.58. The van der Waals surface area contributed by atoms with Crippen molar-refractivity contribution in [3.8, 4) is 28.3 Å². The summed E-state index contributed by atoms with van der Waals surface area (Å²) in [5, 5.41) is 9.63. The zero-order valence-corrected chi connectivity index (χ0v) is 25.4. The molecule has 238 valence electrons. The van der Waals surface area contributed by atoms with E-state index in [0.29, 0.717) is 35.7 Å². The number of ether oxygens (including phenoxy) is 1. The first-order valence-corrected chi connectivity index (χ1v) is 16.0. The van der Waals surface area contributed by atoms with Gasteiger partial charge in [-0.25, -0.2) is 18.4 Å². The number of carboxylic acids is 1. The maximum absolute atomic E-state index is 12.8. The number of aliphatic carboxylic acids is 1. The summed E-state index contributed by atoms with van der Waals surface area (Å²) in [7, 11) is -4.40. The monoisotopic (exact) mass is 641 g/mol. The van der Waals surface area contributed by atoms with Gasteiger partial charge in [-0.3, -0.25) is 4.79 Å². The molecule has 0 fully saturated rings. The minimum atomic E-state index is -4.63. The Morgan fingerprint density at radius 2 is 1.44 bits per heavy atom. The predicted molar refractivity (Wildman–Crippen MR) is 164 cm³/mol. The Hall–Kier alpha value is -4.29. The van der Waals surface area contributed by atoms with E-state index in [1.807, 2.05) is 24.3 Å². The molecular weight excluding hydrogens is 607 g/mol.